The molecule has 1 saturated carbocycles. The van der Waals surface area contributed by atoms with Gasteiger partial charge in [-0.25, -0.2) is 9.59 Å². The van der Waals surface area contributed by atoms with Gasteiger partial charge < -0.3 is 9.84 Å². The van der Waals surface area contributed by atoms with Crippen LogP contribution in [0.3, 0.4) is 0 Å². The second-order valence-corrected chi connectivity index (χ2v) is 7.29. The molecule has 1 N–H and O–H groups in total. The molecule has 0 aromatic heterocycles. The molecule has 1 heterocycles. The van der Waals surface area contributed by atoms with Crippen molar-refractivity contribution in [2.45, 2.75) is 64.5 Å². The predicted molar refractivity (Wildman–Crippen MR) is 79.4 cm³/mol. The van der Waals surface area contributed by atoms with Gasteiger partial charge in [0.25, 0.3) is 0 Å². The van der Waals surface area contributed by atoms with E-state index in [2.05, 4.69) is 0 Å². The molecule has 6 nitrogen and oxygen atoms in total. The monoisotopic (exact) mass is 311 g/mol. The number of rotatable bonds is 2. The normalized spacial score (nSPS) is 27.0. The zero-order valence-corrected chi connectivity index (χ0v) is 13.5. The molecule has 0 radical (unpaired) electrons. The number of carboxylic acid groups (broad SMARTS) is 1. The molecular formula is C16H25NO5. The highest BCUT2D eigenvalue weighted by Gasteiger charge is 2.46. The number of hydrogen-bond donors (Lipinski definition) is 1. The highest BCUT2D eigenvalue weighted by atomic mass is 16.6. The van der Waals surface area contributed by atoms with Crippen molar-refractivity contribution in [1.29, 1.82) is 0 Å². The third-order valence-electron chi connectivity index (χ3n) is 4.52. The summed E-state index contributed by atoms with van der Waals surface area (Å²) >= 11 is 0. The number of ketones is 1. The molecule has 2 aliphatic rings. The van der Waals surface area contributed by atoms with E-state index in [0.717, 1.165) is 12.8 Å². The van der Waals surface area contributed by atoms with E-state index in [-0.39, 0.29) is 17.6 Å². The minimum Gasteiger partial charge on any atom is -0.480 e. The molecule has 2 fully saturated rings. The van der Waals surface area contributed by atoms with Crippen molar-refractivity contribution in [2.24, 2.45) is 11.8 Å². The lowest BCUT2D eigenvalue weighted by Gasteiger charge is -2.32. The average molecular weight is 311 g/mol. The van der Waals surface area contributed by atoms with Gasteiger partial charge >= 0.3 is 12.1 Å². The van der Waals surface area contributed by atoms with Crippen molar-refractivity contribution < 1.29 is 24.2 Å². The van der Waals surface area contributed by atoms with Crippen molar-refractivity contribution in [2.75, 3.05) is 6.54 Å². The lowest BCUT2D eigenvalue weighted by Crippen LogP contribution is -2.47. The summed E-state index contributed by atoms with van der Waals surface area (Å²) in [7, 11) is 0. The maximum atomic E-state index is 12.2. The molecule has 1 aliphatic heterocycles. The molecule has 22 heavy (non-hydrogen) atoms. The van der Waals surface area contributed by atoms with Gasteiger partial charge in [-0.2, -0.15) is 0 Å². The number of ether oxygens (including phenoxy) is 1. The van der Waals surface area contributed by atoms with Gasteiger partial charge in [-0.15, -0.1) is 0 Å². The molecule has 0 aromatic carbocycles. The summed E-state index contributed by atoms with van der Waals surface area (Å²) in [4.78, 5) is 36.6. The maximum Gasteiger partial charge on any atom is 0.411 e. The van der Waals surface area contributed by atoms with Crippen molar-refractivity contribution in [1.82, 2.24) is 4.90 Å². The van der Waals surface area contributed by atoms with E-state index in [1.54, 1.807) is 20.8 Å². The summed E-state index contributed by atoms with van der Waals surface area (Å²) in [6.45, 7) is 5.70. The van der Waals surface area contributed by atoms with Crippen LogP contribution in [0.25, 0.3) is 0 Å². The molecule has 0 aromatic rings. The Kier molecular flexibility index (Phi) is 4.78. The molecule has 0 unspecified atom stereocenters. The summed E-state index contributed by atoms with van der Waals surface area (Å²) in [5.41, 5.74) is -0.643. The predicted octanol–water partition coefficient (Wildman–Crippen LogP) is 2.46. The molecule has 2 rings (SSSR count). The molecule has 1 aliphatic carbocycles. The average Bonchev–Trinajstić information content (AvgIpc) is 2.82. The van der Waals surface area contributed by atoms with Crippen LogP contribution in [0.1, 0.15) is 52.9 Å². The first kappa shape index (κ1) is 16.8. The fourth-order valence-corrected chi connectivity index (χ4v) is 3.54. The third-order valence-corrected chi connectivity index (χ3v) is 4.52. The largest absolute Gasteiger partial charge is 0.480 e. The second kappa shape index (κ2) is 6.26. The van der Waals surface area contributed by atoms with Crippen LogP contribution in [0, 0.1) is 11.8 Å². The van der Waals surface area contributed by atoms with Crippen LogP contribution in [0.4, 0.5) is 4.79 Å². The number of nitrogens with zero attached hydrogens (tertiary/aromatic N) is 1. The lowest BCUT2D eigenvalue weighted by atomic mass is 9.76. The van der Waals surface area contributed by atoms with Crippen LogP contribution in [-0.2, 0) is 14.3 Å². The van der Waals surface area contributed by atoms with Crippen LogP contribution < -0.4 is 0 Å². The van der Waals surface area contributed by atoms with E-state index < -0.39 is 23.7 Å². The van der Waals surface area contributed by atoms with Crippen molar-refractivity contribution in [3.8, 4) is 0 Å². The zero-order chi connectivity index (χ0) is 16.5. The number of carboxylic acids is 1. The van der Waals surface area contributed by atoms with Gasteiger partial charge in [0.15, 0.2) is 0 Å². The van der Waals surface area contributed by atoms with E-state index in [4.69, 9.17) is 4.74 Å². The van der Waals surface area contributed by atoms with Gasteiger partial charge in [-0.3, -0.25) is 9.69 Å². The lowest BCUT2D eigenvalue weighted by molar-refractivity contribution is -0.144. The Morgan fingerprint density at radius 3 is 2.27 bits per heavy atom. The minimum atomic E-state index is -0.981. The molecule has 0 bridgehead atoms. The van der Waals surface area contributed by atoms with Gasteiger partial charge in [0, 0.05) is 19.4 Å². The first-order valence-corrected chi connectivity index (χ1v) is 7.93. The quantitative estimate of drug-likeness (QED) is 0.847. The fourth-order valence-electron chi connectivity index (χ4n) is 3.54. The van der Waals surface area contributed by atoms with Gasteiger partial charge in [0.1, 0.15) is 17.4 Å². The van der Waals surface area contributed by atoms with E-state index in [1.165, 1.54) is 4.90 Å². The molecule has 0 spiro atoms. The zero-order valence-electron chi connectivity index (χ0n) is 13.5. The van der Waals surface area contributed by atoms with Gasteiger partial charge in [0.05, 0.1) is 0 Å². The van der Waals surface area contributed by atoms with Crippen molar-refractivity contribution in [3.63, 3.8) is 0 Å². The number of amides is 1. The topological polar surface area (TPSA) is 83.9 Å². The molecule has 1 amide bonds. The van der Waals surface area contributed by atoms with Crippen LogP contribution >= 0.6 is 0 Å². The van der Waals surface area contributed by atoms with Gasteiger partial charge in [-0.05, 0) is 51.9 Å². The summed E-state index contributed by atoms with van der Waals surface area (Å²) in [5.74, 6) is -0.611. The summed E-state index contributed by atoms with van der Waals surface area (Å²) in [6.07, 6.45) is 2.62. The van der Waals surface area contributed by atoms with Crippen LogP contribution in [0.2, 0.25) is 0 Å². The maximum absolute atomic E-state index is 12.2. The summed E-state index contributed by atoms with van der Waals surface area (Å²) in [6, 6.07) is -0.840. The number of carbonyl (C=O) groups is 3. The first-order valence-electron chi connectivity index (χ1n) is 7.93. The van der Waals surface area contributed by atoms with Crippen molar-refractivity contribution in [3.05, 3.63) is 0 Å². The Balaban J connectivity index is 2.09. The smallest absolute Gasteiger partial charge is 0.411 e. The molecular weight excluding hydrogens is 286 g/mol. The van der Waals surface area contributed by atoms with Crippen LogP contribution in [-0.4, -0.2) is 46.0 Å². The van der Waals surface area contributed by atoms with Gasteiger partial charge in [0.2, 0.25) is 0 Å². The molecule has 2 atom stereocenters. The van der Waals surface area contributed by atoms with Crippen LogP contribution in [0.15, 0.2) is 0 Å². The Morgan fingerprint density at radius 2 is 1.77 bits per heavy atom. The Bertz CT molecular complexity index is 458. The third kappa shape index (κ3) is 3.78. The van der Waals surface area contributed by atoms with Crippen molar-refractivity contribution >= 4 is 17.8 Å². The number of hydrogen-bond acceptors (Lipinski definition) is 4. The number of carbonyl (C=O) groups excluding carboxylic acids is 2. The molecule has 124 valence electrons. The van der Waals surface area contributed by atoms with E-state index >= 15 is 0 Å². The summed E-state index contributed by atoms with van der Waals surface area (Å²) < 4.78 is 5.32. The number of aliphatic carboxylic acids is 1. The van der Waals surface area contributed by atoms with E-state index in [1.807, 2.05) is 0 Å². The van der Waals surface area contributed by atoms with Gasteiger partial charge in [-0.1, -0.05) is 0 Å². The Morgan fingerprint density at radius 1 is 1.18 bits per heavy atom. The minimum absolute atomic E-state index is 0.0851. The highest BCUT2D eigenvalue weighted by Crippen LogP contribution is 2.38. The fraction of sp³-hybridized carbons (Fsp3) is 0.812. The number of likely N-dealkylation sites (tertiary alicyclic amines) is 1. The first-order chi connectivity index (χ1) is 10.2. The highest BCUT2D eigenvalue weighted by molar-refractivity contribution is 5.82. The standard InChI is InChI=1S/C16H25NO5/c1-16(2,3)22-15(21)17-9-8-12(13(17)14(19)20)10-4-6-11(18)7-5-10/h10,12-13H,4-9H2,1-3H3,(H,19,20)/t12-,13-/m1/s1. The Labute approximate surface area is 130 Å². The van der Waals surface area contributed by atoms with Crippen LogP contribution in [0.5, 0.6) is 0 Å². The van der Waals surface area contributed by atoms with E-state index in [9.17, 15) is 19.5 Å². The SMILES string of the molecule is CC(C)(C)OC(=O)N1CC[C@H](C2CCC(=O)CC2)[C@@H]1C(=O)O. The summed E-state index contributed by atoms with van der Waals surface area (Å²) in [5, 5.41) is 9.57. The molecule has 6 heteroatoms. The molecule has 1 saturated heterocycles. The van der Waals surface area contributed by atoms with E-state index in [0.29, 0.717) is 25.8 Å². The Hall–Kier alpha value is -1.59. The second-order valence-electron chi connectivity index (χ2n) is 7.29. The number of Topliss-reactive ketones (excluding diaryl/α,β-unsaturated/α-hetero) is 1.